The Bertz CT molecular complexity index is 645. The summed E-state index contributed by atoms with van der Waals surface area (Å²) in [7, 11) is 1.02. The molecule has 1 heterocycles. The number of hydrogen-bond donors (Lipinski definition) is 0. The molecule has 7 nitrogen and oxygen atoms in total. The molecule has 25 heavy (non-hydrogen) atoms. The average molecular weight is 365 g/mol. The number of methoxy groups -OCH3 is 1. The number of halogens is 3. The highest BCUT2D eigenvalue weighted by Crippen LogP contribution is 2.41. The van der Waals surface area contributed by atoms with Crippen LogP contribution in [-0.4, -0.2) is 43.9 Å². The van der Waals surface area contributed by atoms with Crippen LogP contribution in [0.2, 0.25) is 0 Å². The molecule has 0 unspecified atom stereocenters. The van der Waals surface area contributed by atoms with Gasteiger partial charge < -0.3 is 18.9 Å². The number of nitrogens with zero attached hydrogens (tertiary/aromatic N) is 1. The van der Waals surface area contributed by atoms with E-state index < -0.39 is 46.6 Å². The molecule has 1 aromatic rings. The second kappa shape index (κ2) is 8.54. The third-order valence-corrected chi connectivity index (χ3v) is 2.83. The van der Waals surface area contributed by atoms with Gasteiger partial charge >= 0.3 is 18.1 Å². The fourth-order valence-electron chi connectivity index (χ4n) is 1.95. The Kier molecular flexibility index (Phi) is 7.01. The van der Waals surface area contributed by atoms with E-state index in [1.165, 1.54) is 20.8 Å². The monoisotopic (exact) mass is 365 g/mol. The lowest BCUT2D eigenvalue weighted by molar-refractivity contribution is -0.142. The number of esters is 2. The largest absolute Gasteiger partial charge is 0.492 e. The van der Waals surface area contributed by atoms with Crippen LogP contribution in [0.4, 0.5) is 13.2 Å². The van der Waals surface area contributed by atoms with E-state index in [0.29, 0.717) is 0 Å². The topological polar surface area (TPSA) is 84.0 Å². The van der Waals surface area contributed by atoms with Crippen LogP contribution in [0.3, 0.4) is 0 Å². The fourth-order valence-corrected chi connectivity index (χ4v) is 1.95. The van der Waals surface area contributed by atoms with Crippen LogP contribution < -0.4 is 9.47 Å². The highest BCUT2D eigenvalue weighted by atomic mass is 19.4. The molecular weight excluding hydrogens is 347 g/mol. The van der Waals surface area contributed by atoms with Crippen molar-refractivity contribution in [2.45, 2.75) is 26.9 Å². The van der Waals surface area contributed by atoms with Crippen molar-refractivity contribution < 1.29 is 41.7 Å². The Balaban J connectivity index is 3.91. The fraction of sp³-hybridized carbons (Fsp3) is 0.533. The van der Waals surface area contributed by atoms with Crippen molar-refractivity contribution >= 4 is 11.9 Å². The molecule has 1 aromatic heterocycles. The predicted molar refractivity (Wildman–Crippen MR) is 78.9 cm³/mol. The summed E-state index contributed by atoms with van der Waals surface area (Å²) >= 11 is 0. The molecule has 0 aliphatic rings. The SMILES string of the molecule is CCOC(=O)c1c(C(F)(F)F)nc(OCC)c(C(=O)OC)c1OCC. The Hall–Kier alpha value is -2.52. The normalized spacial score (nSPS) is 11.0. The summed E-state index contributed by atoms with van der Waals surface area (Å²) in [5, 5.41) is 0. The molecule has 0 aromatic carbocycles. The molecule has 0 spiro atoms. The lowest BCUT2D eigenvalue weighted by atomic mass is 10.1. The summed E-state index contributed by atoms with van der Waals surface area (Å²) in [6.07, 6.45) is -5.01. The zero-order valence-electron chi connectivity index (χ0n) is 14.2. The van der Waals surface area contributed by atoms with E-state index >= 15 is 0 Å². The quantitative estimate of drug-likeness (QED) is 0.687. The van der Waals surface area contributed by atoms with Gasteiger partial charge in [-0.15, -0.1) is 0 Å². The van der Waals surface area contributed by atoms with Gasteiger partial charge in [0.1, 0.15) is 5.56 Å². The molecular formula is C15H18F3NO6. The van der Waals surface area contributed by atoms with Gasteiger partial charge in [0.2, 0.25) is 5.88 Å². The average Bonchev–Trinajstić information content (AvgIpc) is 2.53. The lowest BCUT2D eigenvalue weighted by Crippen LogP contribution is -2.23. The first kappa shape index (κ1) is 20.5. The van der Waals surface area contributed by atoms with Crippen molar-refractivity contribution in [2.24, 2.45) is 0 Å². The molecule has 0 saturated carbocycles. The minimum atomic E-state index is -5.01. The minimum absolute atomic E-state index is 0.0708. The van der Waals surface area contributed by atoms with Crippen molar-refractivity contribution in [3.8, 4) is 11.6 Å². The van der Waals surface area contributed by atoms with Crippen molar-refractivity contribution in [3.63, 3.8) is 0 Å². The van der Waals surface area contributed by atoms with Crippen molar-refractivity contribution in [2.75, 3.05) is 26.9 Å². The molecule has 0 N–H and O–H groups in total. The Labute approximate surface area is 142 Å². The first-order valence-corrected chi connectivity index (χ1v) is 7.38. The van der Waals surface area contributed by atoms with Crippen LogP contribution in [0.15, 0.2) is 0 Å². The van der Waals surface area contributed by atoms with E-state index in [0.717, 1.165) is 7.11 Å². The molecule has 140 valence electrons. The predicted octanol–water partition coefficient (Wildman–Crippen LogP) is 2.86. The van der Waals surface area contributed by atoms with Gasteiger partial charge in [0.05, 0.1) is 26.9 Å². The molecule has 0 amide bonds. The lowest BCUT2D eigenvalue weighted by Gasteiger charge is -2.20. The number of ether oxygens (including phenoxy) is 4. The number of carbonyl (C=O) groups is 2. The maximum absolute atomic E-state index is 13.4. The van der Waals surface area contributed by atoms with Crippen LogP contribution >= 0.6 is 0 Å². The summed E-state index contributed by atoms with van der Waals surface area (Å²) in [5.74, 6) is -3.66. The van der Waals surface area contributed by atoms with Gasteiger partial charge in [-0.3, -0.25) is 0 Å². The second-order valence-corrected chi connectivity index (χ2v) is 4.42. The third-order valence-electron chi connectivity index (χ3n) is 2.83. The van der Waals surface area contributed by atoms with E-state index in [1.807, 2.05) is 0 Å². The van der Waals surface area contributed by atoms with Crippen LogP contribution in [0.5, 0.6) is 11.6 Å². The molecule has 10 heteroatoms. The number of rotatable bonds is 7. The molecule has 1 rings (SSSR count). The highest BCUT2D eigenvalue weighted by Gasteiger charge is 2.43. The third kappa shape index (κ3) is 4.52. The van der Waals surface area contributed by atoms with Gasteiger partial charge in [-0.25, -0.2) is 14.6 Å². The van der Waals surface area contributed by atoms with E-state index in [2.05, 4.69) is 14.5 Å². The summed E-state index contributed by atoms with van der Waals surface area (Å²) in [6.45, 7) is 4.03. The van der Waals surface area contributed by atoms with E-state index in [1.54, 1.807) is 0 Å². The maximum atomic E-state index is 13.4. The van der Waals surface area contributed by atoms with Crippen molar-refractivity contribution in [1.29, 1.82) is 0 Å². The van der Waals surface area contributed by atoms with Crippen LogP contribution in [0.1, 0.15) is 47.2 Å². The standard InChI is InChI=1S/C15H18F3NO6/c1-5-23-10-8(14(21)25-7-3)11(15(16,17)18)19-12(24-6-2)9(10)13(20)22-4/h5-7H2,1-4H3. The summed E-state index contributed by atoms with van der Waals surface area (Å²) in [6, 6.07) is 0. The summed E-state index contributed by atoms with van der Waals surface area (Å²) in [4.78, 5) is 27.5. The Morgan fingerprint density at radius 1 is 0.960 bits per heavy atom. The Morgan fingerprint density at radius 2 is 1.56 bits per heavy atom. The number of pyridine rings is 1. The number of alkyl halides is 3. The zero-order chi connectivity index (χ0) is 19.2. The summed E-state index contributed by atoms with van der Waals surface area (Å²) in [5.41, 5.74) is -3.08. The van der Waals surface area contributed by atoms with Gasteiger partial charge in [-0.1, -0.05) is 0 Å². The van der Waals surface area contributed by atoms with Gasteiger partial charge in [0.25, 0.3) is 0 Å². The maximum Gasteiger partial charge on any atom is 0.434 e. The van der Waals surface area contributed by atoms with E-state index in [9.17, 15) is 22.8 Å². The molecule has 0 aliphatic heterocycles. The molecule has 0 aliphatic carbocycles. The van der Waals surface area contributed by atoms with Gasteiger partial charge in [-0.2, -0.15) is 13.2 Å². The summed E-state index contributed by atoms with van der Waals surface area (Å²) < 4.78 is 59.6. The molecule has 0 fully saturated rings. The highest BCUT2D eigenvalue weighted by molar-refractivity contribution is 6.02. The first-order valence-electron chi connectivity index (χ1n) is 7.38. The van der Waals surface area contributed by atoms with Crippen molar-refractivity contribution in [3.05, 3.63) is 16.8 Å². The van der Waals surface area contributed by atoms with Crippen molar-refractivity contribution in [1.82, 2.24) is 4.98 Å². The molecule has 0 saturated heterocycles. The Morgan fingerprint density at radius 3 is 2.00 bits per heavy atom. The van der Waals surface area contributed by atoms with E-state index in [-0.39, 0.29) is 19.8 Å². The number of hydrogen-bond acceptors (Lipinski definition) is 7. The smallest absolute Gasteiger partial charge is 0.434 e. The molecule has 0 bridgehead atoms. The van der Waals surface area contributed by atoms with Crippen LogP contribution in [0, 0.1) is 0 Å². The molecule has 0 atom stereocenters. The van der Waals surface area contributed by atoms with Crippen LogP contribution in [-0.2, 0) is 15.7 Å². The number of carbonyl (C=O) groups excluding carboxylic acids is 2. The van der Waals surface area contributed by atoms with Gasteiger partial charge in [0.15, 0.2) is 17.0 Å². The van der Waals surface area contributed by atoms with Crippen LogP contribution in [0.25, 0.3) is 0 Å². The van der Waals surface area contributed by atoms with Gasteiger partial charge in [0, 0.05) is 0 Å². The number of aromatic nitrogens is 1. The van der Waals surface area contributed by atoms with Gasteiger partial charge in [-0.05, 0) is 20.8 Å². The second-order valence-electron chi connectivity index (χ2n) is 4.42. The molecule has 0 radical (unpaired) electrons. The minimum Gasteiger partial charge on any atom is -0.492 e. The zero-order valence-corrected chi connectivity index (χ0v) is 14.2. The first-order chi connectivity index (χ1) is 11.7. The van der Waals surface area contributed by atoms with E-state index in [4.69, 9.17) is 9.47 Å².